The van der Waals surface area contributed by atoms with Gasteiger partial charge in [0.25, 0.3) is 5.91 Å². The average Bonchev–Trinajstić information content (AvgIpc) is 2.73. The molecule has 0 aliphatic rings. The highest BCUT2D eigenvalue weighted by Crippen LogP contribution is 2.31. The lowest BCUT2D eigenvalue weighted by atomic mass is 10.2. The number of ether oxygens (including phenoxy) is 2. The van der Waals surface area contributed by atoms with Crippen molar-refractivity contribution < 1.29 is 32.2 Å². The molecule has 2 aromatic carbocycles. The fraction of sp³-hybridized carbons (Fsp3) is 0.0952. The third-order valence-corrected chi connectivity index (χ3v) is 3.95. The number of alkyl halides is 3. The second-order valence-corrected chi connectivity index (χ2v) is 6.02. The largest absolute Gasteiger partial charge is 0.464 e. The summed E-state index contributed by atoms with van der Waals surface area (Å²) in [5.41, 5.74) is -0.0457. The summed E-state index contributed by atoms with van der Waals surface area (Å²) in [7, 11) is 1.23. The Morgan fingerprint density at radius 3 is 2.10 bits per heavy atom. The number of esters is 1. The molecule has 0 spiro atoms. The Labute approximate surface area is 169 Å². The number of benzene rings is 2. The van der Waals surface area contributed by atoms with Crippen LogP contribution in [0.2, 0.25) is 0 Å². The number of aromatic nitrogens is 1. The minimum absolute atomic E-state index is 0.0515. The standard InChI is InChI=1S/C21H15F3N2O4/c1-29-20(28)18-12-15(10-11-25-18)26-19(27)13-2-6-16(7-3-13)30-17-8-4-14(5-9-17)21(22,23)24/h2-12H,1H3,(H,25,26,27). The van der Waals surface area contributed by atoms with Gasteiger partial charge in [0.1, 0.15) is 17.2 Å². The molecule has 0 unspecified atom stereocenters. The second-order valence-electron chi connectivity index (χ2n) is 6.02. The molecule has 0 radical (unpaired) electrons. The molecule has 3 aromatic rings. The van der Waals surface area contributed by atoms with E-state index < -0.39 is 23.6 Å². The summed E-state index contributed by atoms with van der Waals surface area (Å²) in [4.78, 5) is 27.7. The first-order valence-electron chi connectivity index (χ1n) is 8.57. The molecule has 0 saturated heterocycles. The van der Waals surface area contributed by atoms with Crippen molar-refractivity contribution in [2.45, 2.75) is 6.18 Å². The molecule has 6 nitrogen and oxygen atoms in total. The molecule has 3 rings (SSSR count). The van der Waals surface area contributed by atoms with Crippen molar-refractivity contribution in [1.29, 1.82) is 0 Å². The van der Waals surface area contributed by atoms with E-state index in [4.69, 9.17) is 4.74 Å². The van der Waals surface area contributed by atoms with E-state index in [1.165, 1.54) is 61.8 Å². The van der Waals surface area contributed by atoms with Gasteiger partial charge in [0.15, 0.2) is 0 Å². The Kier molecular flexibility index (Phi) is 6.01. The Morgan fingerprint density at radius 2 is 1.53 bits per heavy atom. The van der Waals surface area contributed by atoms with Crippen LogP contribution >= 0.6 is 0 Å². The van der Waals surface area contributed by atoms with Gasteiger partial charge in [-0.1, -0.05) is 0 Å². The number of halogens is 3. The molecule has 9 heteroatoms. The zero-order valence-corrected chi connectivity index (χ0v) is 15.6. The first kappa shape index (κ1) is 20.8. The Morgan fingerprint density at radius 1 is 0.933 bits per heavy atom. The molecule has 1 N–H and O–H groups in total. The molecule has 1 heterocycles. The lowest BCUT2D eigenvalue weighted by Crippen LogP contribution is -2.13. The highest BCUT2D eigenvalue weighted by Gasteiger charge is 2.30. The molecule has 1 amide bonds. The summed E-state index contributed by atoms with van der Waals surface area (Å²) < 4.78 is 47.9. The number of anilines is 1. The van der Waals surface area contributed by atoms with E-state index >= 15 is 0 Å². The number of nitrogens with one attached hydrogen (secondary N) is 1. The van der Waals surface area contributed by atoms with Crippen LogP contribution < -0.4 is 10.1 Å². The SMILES string of the molecule is COC(=O)c1cc(NC(=O)c2ccc(Oc3ccc(C(F)(F)F)cc3)cc2)ccn1. The number of carbonyl (C=O) groups is 2. The summed E-state index contributed by atoms with van der Waals surface area (Å²) in [6, 6.07) is 13.2. The van der Waals surface area contributed by atoms with Gasteiger partial charge in [-0.3, -0.25) is 4.79 Å². The van der Waals surface area contributed by atoms with Crippen molar-refractivity contribution in [2.75, 3.05) is 12.4 Å². The van der Waals surface area contributed by atoms with E-state index in [1.54, 1.807) is 0 Å². The Balaban J connectivity index is 1.65. The number of rotatable bonds is 5. The van der Waals surface area contributed by atoms with E-state index in [9.17, 15) is 22.8 Å². The van der Waals surface area contributed by atoms with Gasteiger partial charge in [-0.2, -0.15) is 13.2 Å². The van der Waals surface area contributed by atoms with Gasteiger partial charge >= 0.3 is 12.1 Å². The number of hydrogen-bond donors (Lipinski definition) is 1. The quantitative estimate of drug-likeness (QED) is 0.597. The van der Waals surface area contributed by atoms with E-state index in [0.29, 0.717) is 17.0 Å². The fourth-order valence-corrected chi connectivity index (χ4v) is 2.45. The molecule has 30 heavy (non-hydrogen) atoms. The van der Waals surface area contributed by atoms with Crippen LogP contribution in [0.5, 0.6) is 11.5 Å². The Hall–Kier alpha value is -3.88. The van der Waals surface area contributed by atoms with Gasteiger partial charge in [0.05, 0.1) is 12.7 Å². The van der Waals surface area contributed by atoms with E-state index in [1.807, 2.05) is 0 Å². The summed E-state index contributed by atoms with van der Waals surface area (Å²) in [6.45, 7) is 0. The van der Waals surface area contributed by atoms with Crippen molar-refractivity contribution in [3.8, 4) is 11.5 Å². The van der Waals surface area contributed by atoms with Crippen molar-refractivity contribution in [1.82, 2.24) is 4.98 Å². The van der Waals surface area contributed by atoms with Crippen LogP contribution in [0, 0.1) is 0 Å². The summed E-state index contributed by atoms with van der Waals surface area (Å²) in [6.07, 6.45) is -3.05. The van der Waals surface area contributed by atoms with Gasteiger partial charge in [0, 0.05) is 17.4 Å². The highest BCUT2D eigenvalue weighted by atomic mass is 19.4. The second kappa shape index (κ2) is 8.64. The zero-order chi connectivity index (χ0) is 21.7. The van der Waals surface area contributed by atoms with Crippen LogP contribution in [0.4, 0.5) is 18.9 Å². The van der Waals surface area contributed by atoms with Gasteiger partial charge in [-0.05, 0) is 60.7 Å². The highest BCUT2D eigenvalue weighted by molar-refractivity contribution is 6.04. The summed E-state index contributed by atoms with van der Waals surface area (Å²) in [5.74, 6) is -0.482. The number of carbonyl (C=O) groups excluding carboxylic acids is 2. The van der Waals surface area contributed by atoms with Crippen molar-refractivity contribution in [3.63, 3.8) is 0 Å². The first-order chi connectivity index (χ1) is 14.3. The van der Waals surface area contributed by atoms with E-state index in [-0.39, 0.29) is 11.4 Å². The number of pyridine rings is 1. The van der Waals surface area contributed by atoms with Crippen molar-refractivity contribution in [2.24, 2.45) is 0 Å². The smallest absolute Gasteiger partial charge is 0.416 e. The minimum atomic E-state index is -4.42. The number of amides is 1. The van der Waals surface area contributed by atoms with Crippen LogP contribution in [0.25, 0.3) is 0 Å². The predicted octanol–water partition coefficient (Wildman–Crippen LogP) is 4.93. The molecule has 0 bridgehead atoms. The topological polar surface area (TPSA) is 77.5 Å². The normalized spacial score (nSPS) is 10.9. The van der Waals surface area contributed by atoms with Crippen LogP contribution in [0.15, 0.2) is 66.9 Å². The molecule has 1 aromatic heterocycles. The molecule has 0 saturated carbocycles. The van der Waals surface area contributed by atoms with Crippen LogP contribution in [-0.2, 0) is 10.9 Å². The molecule has 0 aliphatic carbocycles. The van der Waals surface area contributed by atoms with Gasteiger partial charge in [-0.15, -0.1) is 0 Å². The van der Waals surface area contributed by atoms with E-state index in [2.05, 4.69) is 15.0 Å². The predicted molar refractivity (Wildman–Crippen MR) is 101 cm³/mol. The minimum Gasteiger partial charge on any atom is -0.464 e. The third-order valence-electron chi connectivity index (χ3n) is 3.95. The summed E-state index contributed by atoms with van der Waals surface area (Å²) >= 11 is 0. The first-order valence-corrected chi connectivity index (χ1v) is 8.57. The molecule has 0 aliphatic heterocycles. The average molecular weight is 416 g/mol. The zero-order valence-electron chi connectivity index (χ0n) is 15.6. The third kappa shape index (κ3) is 5.13. The fourth-order valence-electron chi connectivity index (χ4n) is 2.45. The van der Waals surface area contributed by atoms with Gasteiger partial charge < -0.3 is 14.8 Å². The molecular formula is C21H15F3N2O4. The molecular weight excluding hydrogens is 401 g/mol. The maximum absolute atomic E-state index is 12.6. The maximum atomic E-state index is 12.6. The lowest BCUT2D eigenvalue weighted by molar-refractivity contribution is -0.137. The Bertz CT molecular complexity index is 1050. The lowest BCUT2D eigenvalue weighted by Gasteiger charge is -2.10. The molecule has 154 valence electrons. The molecule has 0 fully saturated rings. The van der Waals surface area contributed by atoms with E-state index in [0.717, 1.165) is 12.1 Å². The number of methoxy groups -OCH3 is 1. The monoisotopic (exact) mass is 416 g/mol. The van der Waals surface area contributed by atoms with Crippen LogP contribution in [0.1, 0.15) is 26.4 Å². The van der Waals surface area contributed by atoms with Gasteiger partial charge in [-0.25, -0.2) is 9.78 Å². The number of hydrogen-bond acceptors (Lipinski definition) is 5. The van der Waals surface area contributed by atoms with Crippen LogP contribution in [0.3, 0.4) is 0 Å². The van der Waals surface area contributed by atoms with Crippen LogP contribution in [-0.4, -0.2) is 24.0 Å². The maximum Gasteiger partial charge on any atom is 0.416 e. The van der Waals surface area contributed by atoms with Crippen molar-refractivity contribution in [3.05, 3.63) is 83.7 Å². The number of nitrogens with zero attached hydrogens (tertiary/aromatic N) is 1. The molecule has 0 atom stereocenters. The van der Waals surface area contributed by atoms with Crippen molar-refractivity contribution >= 4 is 17.6 Å². The van der Waals surface area contributed by atoms with Gasteiger partial charge in [0.2, 0.25) is 0 Å². The summed E-state index contributed by atoms with van der Waals surface area (Å²) in [5, 5.41) is 2.63.